The van der Waals surface area contributed by atoms with E-state index in [1.54, 1.807) is 6.92 Å². The highest BCUT2D eigenvalue weighted by Crippen LogP contribution is 2.06. The van der Waals surface area contributed by atoms with Crippen molar-refractivity contribution >= 4 is 17.6 Å². The molecular weight excluding hydrogens is 276 g/mol. The Morgan fingerprint density at radius 3 is 2.90 bits per heavy atom. The summed E-state index contributed by atoms with van der Waals surface area (Å²) in [4.78, 5) is 37.6. The van der Waals surface area contributed by atoms with E-state index in [-0.39, 0.29) is 17.5 Å². The summed E-state index contributed by atoms with van der Waals surface area (Å²) < 4.78 is 5.83. The van der Waals surface area contributed by atoms with Crippen LogP contribution in [0.5, 0.6) is 0 Å². The molecule has 0 aliphatic rings. The largest absolute Gasteiger partial charge is 0.468 e. The number of rotatable bonds is 4. The number of amides is 1. The van der Waals surface area contributed by atoms with Gasteiger partial charge >= 0.3 is 5.97 Å². The number of H-pyrrole nitrogens is 1. The molecule has 21 heavy (non-hydrogen) atoms. The molecule has 2 aromatic heterocycles. The SMILES string of the molecule is COC(=O)Cn1cc(NC(=O)c2c[nH]c(C)cc2=O)cn1. The molecule has 0 aromatic carbocycles. The van der Waals surface area contributed by atoms with Crippen molar-refractivity contribution in [3.8, 4) is 0 Å². The molecule has 2 heterocycles. The number of aromatic nitrogens is 3. The van der Waals surface area contributed by atoms with Crippen LogP contribution in [0.15, 0.2) is 29.5 Å². The summed E-state index contributed by atoms with van der Waals surface area (Å²) >= 11 is 0. The standard InChI is InChI=1S/C13H14N4O4/c1-8-3-11(18)10(5-14-8)13(20)16-9-4-15-17(6-9)7-12(19)21-2/h3-6H,7H2,1-2H3,(H,14,18)(H,16,20). The fourth-order valence-electron chi connectivity index (χ4n) is 1.66. The maximum atomic E-state index is 12.0. The molecule has 0 saturated carbocycles. The van der Waals surface area contributed by atoms with Crippen molar-refractivity contribution in [2.45, 2.75) is 13.5 Å². The smallest absolute Gasteiger partial charge is 0.327 e. The van der Waals surface area contributed by atoms with Gasteiger partial charge in [-0.25, -0.2) is 0 Å². The molecule has 0 atom stereocenters. The number of nitrogens with one attached hydrogen (secondary N) is 2. The molecular formula is C13H14N4O4. The molecule has 1 amide bonds. The van der Waals surface area contributed by atoms with Crippen LogP contribution in [0.1, 0.15) is 16.1 Å². The second-order valence-corrected chi connectivity index (χ2v) is 4.35. The summed E-state index contributed by atoms with van der Waals surface area (Å²) in [7, 11) is 1.28. The predicted octanol–water partition coefficient (Wildman–Crippen LogP) is 0.305. The molecule has 0 aliphatic carbocycles. The Kier molecular flexibility index (Phi) is 4.17. The van der Waals surface area contributed by atoms with Crippen molar-refractivity contribution in [3.63, 3.8) is 0 Å². The number of carbonyl (C=O) groups is 2. The Morgan fingerprint density at radius 2 is 2.24 bits per heavy atom. The van der Waals surface area contributed by atoms with Gasteiger partial charge in [-0.05, 0) is 6.92 Å². The van der Waals surface area contributed by atoms with Crippen molar-refractivity contribution < 1.29 is 14.3 Å². The van der Waals surface area contributed by atoms with E-state index < -0.39 is 11.9 Å². The van der Waals surface area contributed by atoms with Gasteiger partial charge in [0.2, 0.25) is 0 Å². The summed E-state index contributed by atoms with van der Waals surface area (Å²) in [6, 6.07) is 1.34. The van der Waals surface area contributed by atoms with Gasteiger partial charge in [0.1, 0.15) is 12.1 Å². The third-order valence-electron chi connectivity index (χ3n) is 2.71. The first kappa shape index (κ1) is 14.5. The van der Waals surface area contributed by atoms with Gasteiger partial charge in [-0.15, -0.1) is 0 Å². The lowest BCUT2D eigenvalue weighted by molar-refractivity contribution is -0.141. The summed E-state index contributed by atoms with van der Waals surface area (Å²) in [5, 5.41) is 6.44. The molecule has 0 saturated heterocycles. The summed E-state index contributed by atoms with van der Waals surface area (Å²) in [6.45, 7) is 1.66. The maximum absolute atomic E-state index is 12.0. The highest BCUT2D eigenvalue weighted by Gasteiger charge is 2.12. The fraction of sp³-hybridized carbons (Fsp3) is 0.231. The van der Waals surface area contributed by atoms with Crippen LogP contribution in [0, 0.1) is 6.92 Å². The number of aromatic amines is 1. The van der Waals surface area contributed by atoms with Crippen molar-refractivity contribution in [2.24, 2.45) is 0 Å². The van der Waals surface area contributed by atoms with Crippen LogP contribution in [0.25, 0.3) is 0 Å². The van der Waals surface area contributed by atoms with Gasteiger partial charge in [-0.2, -0.15) is 5.10 Å². The lowest BCUT2D eigenvalue weighted by Crippen LogP contribution is -2.21. The van der Waals surface area contributed by atoms with Crippen LogP contribution < -0.4 is 10.7 Å². The maximum Gasteiger partial charge on any atom is 0.327 e. The van der Waals surface area contributed by atoms with Crippen LogP contribution >= 0.6 is 0 Å². The summed E-state index contributed by atoms with van der Waals surface area (Å²) in [6.07, 6.45) is 4.20. The number of hydrogen-bond acceptors (Lipinski definition) is 5. The zero-order valence-electron chi connectivity index (χ0n) is 11.5. The third-order valence-corrected chi connectivity index (χ3v) is 2.71. The van der Waals surface area contributed by atoms with Gasteiger partial charge in [-0.1, -0.05) is 0 Å². The monoisotopic (exact) mass is 290 g/mol. The summed E-state index contributed by atoms with van der Waals surface area (Å²) in [5.41, 5.74) is 0.679. The second kappa shape index (κ2) is 6.04. The first-order valence-electron chi connectivity index (χ1n) is 6.09. The number of esters is 1. The van der Waals surface area contributed by atoms with Gasteiger partial charge in [0.15, 0.2) is 5.43 Å². The zero-order valence-corrected chi connectivity index (χ0v) is 11.5. The molecule has 0 aliphatic heterocycles. The van der Waals surface area contributed by atoms with Crippen LogP contribution in [0.2, 0.25) is 0 Å². The number of pyridine rings is 1. The van der Waals surface area contributed by atoms with E-state index in [0.717, 1.165) is 0 Å². The molecule has 110 valence electrons. The minimum atomic E-state index is -0.547. The fourth-order valence-corrected chi connectivity index (χ4v) is 1.66. The number of aryl methyl sites for hydroxylation is 1. The van der Waals surface area contributed by atoms with Gasteiger partial charge in [0.25, 0.3) is 5.91 Å². The van der Waals surface area contributed by atoms with Gasteiger partial charge < -0.3 is 15.0 Å². The molecule has 0 spiro atoms. The number of ether oxygens (including phenoxy) is 1. The zero-order chi connectivity index (χ0) is 15.4. The average molecular weight is 290 g/mol. The molecule has 0 fully saturated rings. The molecule has 2 aromatic rings. The first-order valence-corrected chi connectivity index (χ1v) is 6.09. The molecule has 0 unspecified atom stereocenters. The van der Waals surface area contributed by atoms with Gasteiger partial charge in [0, 0.05) is 24.2 Å². The van der Waals surface area contributed by atoms with Crippen molar-refractivity contribution in [2.75, 3.05) is 12.4 Å². The Balaban J connectivity index is 2.09. The minimum absolute atomic E-state index is 0.00122. The highest BCUT2D eigenvalue weighted by molar-refractivity contribution is 6.03. The molecule has 8 nitrogen and oxygen atoms in total. The van der Waals surface area contributed by atoms with Crippen LogP contribution in [-0.2, 0) is 16.1 Å². The normalized spacial score (nSPS) is 10.2. The van der Waals surface area contributed by atoms with Crippen molar-refractivity contribution in [1.29, 1.82) is 0 Å². The molecule has 8 heteroatoms. The van der Waals surface area contributed by atoms with Gasteiger partial charge in [0.05, 0.1) is 19.0 Å². The lowest BCUT2D eigenvalue weighted by atomic mass is 10.2. The van der Waals surface area contributed by atoms with Crippen LogP contribution in [0.4, 0.5) is 5.69 Å². The van der Waals surface area contributed by atoms with Crippen molar-refractivity contribution in [3.05, 3.63) is 46.1 Å². The Morgan fingerprint density at radius 1 is 1.48 bits per heavy atom. The van der Waals surface area contributed by atoms with E-state index in [1.165, 1.54) is 36.4 Å². The molecule has 0 bridgehead atoms. The Bertz CT molecular complexity index is 732. The molecule has 2 N–H and O–H groups in total. The Labute approximate surface area is 119 Å². The van der Waals surface area contributed by atoms with E-state index in [4.69, 9.17) is 0 Å². The quantitative estimate of drug-likeness (QED) is 0.788. The van der Waals surface area contributed by atoms with Gasteiger partial charge in [-0.3, -0.25) is 19.1 Å². The number of methoxy groups -OCH3 is 1. The van der Waals surface area contributed by atoms with Crippen LogP contribution in [-0.4, -0.2) is 33.8 Å². The summed E-state index contributed by atoms with van der Waals surface area (Å²) in [5.74, 6) is -1.00. The number of carbonyl (C=O) groups excluding carboxylic acids is 2. The highest BCUT2D eigenvalue weighted by atomic mass is 16.5. The second-order valence-electron chi connectivity index (χ2n) is 4.35. The number of hydrogen-bond donors (Lipinski definition) is 2. The first-order chi connectivity index (χ1) is 9.99. The number of nitrogens with zero attached hydrogens (tertiary/aromatic N) is 2. The Hall–Kier alpha value is -2.90. The van der Waals surface area contributed by atoms with E-state index in [2.05, 4.69) is 20.1 Å². The van der Waals surface area contributed by atoms with E-state index >= 15 is 0 Å². The third kappa shape index (κ3) is 3.56. The number of anilines is 1. The molecule has 0 radical (unpaired) electrons. The van der Waals surface area contributed by atoms with E-state index in [0.29, 0.717) is 11.4 Å². The lowest BCUT2D eigenvalue weighted by Gasteiger charge is -2.02. The molecule has 2 rings (SSSR count). The average Bonchev–Trinajstić information content (AvgIpc) is 2.85. The minimum Gasteiger partial charge on any atom is -0.468 e. The van der Waals surface area contributed by atoms with E-state index in [9.17, 15) is 14.4 Å². The van der Waals surface area contributed by atoms with Crippen LogP contribution in [0.3, 0.4) is 0 Å². The van der Waals surface area contributed by atoms with Crippen molar-refractivity contribution in [1.82, 2.24) is 14.8 Å². The predicted molar refractivity (Wildman–Crippen MR) is 74.0 cm³/mol. The topological polar surface area (TPSA) is 106 Å². The van der Waals surface area contributed by atoms with E-state index in [1.807, 2.05) is 0 Å².